The number of imide groups is 1. The van der Waals surface area contributed by atoms with Crippen molar-refractivity contribution >= 4 is 47.7 Å². The van der Waals surface area contributed by atoms with Crippen LogP contribution >= 0.6 is 0 Å². The summed E-state index contributed by atoms with van der Waals surface area (Å²) in [4.78, 5) is 96.7. The molecule has 0 radical (unpaired) electrons. The fraction of sp³-hybridized carbons (Fsp3) is 0.630. The maximum Gasteiger partial charge on any atom is 0.312 e. The van der Waals surface area contributed by atoms with Crippen molar-refractivity contribution in [3.63, 3.8) is 0 Å². The van der Waals surface area contributed by atoms with Crippen LogP contribution in [0.1, 0.15) is 73.0 Å². The van der Waals surface area contributed by atoms with Crippen molar-refractivity contribution in [1.29, 1.82) is 0 Å². The second-order valence-electron chi connectivity index (χ2n) is 10.2. The molecule has 14 nitrogen and oxygen atoms in total. The highest BCUT2D eigenvalue weighted by Crippen LogP contribution is 2.17. The van der Waals surface area contributed by atoms with E-state index in [9.17, 15) is 38.4 Å². The second kappa shape index (κ2) is 18.3. The number of Topliss-reactive ketones (excluding diaryl/α,β-unsaturated/α-hetero) is 1. The molecule has 14 heteroatoms. The number of carboxylic acid groups (broad SMARTS) is 1. The van der Waals surface area contributed by atoms with Gasteiger partial charge in [-0.3, -0.25) is 33.7 Å². The maximum atomic E-state index is 13.3. The molecular formula is C27H41N5O9. The topological polar surface area (TPSA) is 222 Å². The van der Waals surface area contributed by atoms with Crippen LogP contribution in [0.3, 0.4) is 0 Å². The first-order valence-corrected chi connectivity index (χ1v) is 13.6. The van der Waals surface area contributed by atoms with Crippen LogP contribution in [0.4, 0.5) is 4.79 Å². The third-order valence-electron chi connectivity index (χ3n) is 6.47. The molecule has 0 aliphatic carbocycles. The first-order valence-electron chi connectivity index (χ1n) is 14.1. The van der Waals surface area contributed by atoms with Crippen LogP contribution in [0.25, 0.3) is 0 Å². The van der Waals surface area contributed by atoms with Crippen molar-refractivity contribution in [2.24, 2.45) is 17.6 Å². The summed E-state index contributed by atoms with van der Waals surface area (Å²) in [6.45, 7) is 3.83. The Morgan fingerprint density at radius 3 is 2.22 bits per heavy atom. The lowest BCUT2D eigenvalue weighted by atomic mass is 9.89. The Morgan fingerprint density at radius 2 is 1.66 bits per heavy atom. The highest BCUT2D eigenvalue weighted by Gasteiger charge is 2.30. The van der Waals surface area contributed by atoms with E-state index in [1.54, 1.807) is 13.8 Å². The molecule has 41 heavy (non-hydrogen) atoms. The average Bonchev–Trinajstić information content (AvgIpc) is 3.22. The van der Waals surface area contributed by atoms with Gasteiger partial charge in [0.2, 0.25) is 11.8 Å². The predicted molar refractivity (Wildman–Crippen MR) is 146 cm³/mol. The summed E-state index contributed by atoms with van der Waals surface area (Å²) in [6, 6.07) is -3.05. The van der Waals surface area contributed by atoms with Gasteiger partial charge in [0.05, 0.1) is 12.1 Å². The van der Waals surface area contributed by atoms with Crippen molar-refractivity contribution in [3.05, 3.63) is 12.2 Å². The molecule has 6 amide bonds. The van der Waals surface area contributed by atoms with Gasteiger partial charge in [0.1, 0.15) is 7.63 Å². The van der Waals surface area contributed by atoms with Gasteiger partial charge < -0.3 is 31.6 Å². The van der Waals surface area contributed by atoms with Crippen molar-refractivity contribution in [1.82, 2.24) is 20.9 Å². The number of primary amides is 1. The summed E-state index contributed by atoms with van der Waals surface area (Å²) in [7, 11) is 0. The summed E-state index contributed by atoms with van der Waals surface area (Å²) in [5, 5.41) is 16.3. The number of ketones is 1. The first kappa shape index (κ1) is 33.1. The molecule has 0 unspecified atom stereocenters. The molecule has 1 aliphatic heterocycles. The van der Waals surface area contributed by atoms with Gasteiger partial charge in [0.15, 0.2) is 5.78 Å². The van der Waals surface area contributed by atoms with E-state index in [4.69, 9.17) is 12.2 Å². The molecule has 1 aliphatic rings. The van der Waals surface area contributed by atoms with E-state index in [2.05, 4.69) is 16.0 Å². The molecule has 228 valence electrons. The molecule has 6 N–H and O–H groups in total. The van der Waals surface area contributed by atoms with Crippen molar-refractivity contribution < 1.29 is 44.8 Å². The zero-order valence-corrected chi connectivity index (χ0v) is 23.5. The Hall–Kier alpha value is -4.10. The molecule has 1 rings (SSSR count). The molecule has 0 aromatic heterocycles. The van der Waals surface area contributed by atoms with Gasteiger partial charge in [-0.25, -0.2) is 4.79 Å². The highest BCUT2D eigenvalue weighted by atomic mass is 16.4. The number of unbranched alkanes of at least 4 members (excludes halogenated alkanes) is 2. The quantitative estimate of drug-likeness (QED) is 0.0709. The monoisotopic (exact) mass is 580 g/mol. The molecule has 1 heterocycles. The Kier molecular flexibility index (Phi) is 14.8. The van der Waals surface area contributed by atoms with Crippen molar-refractivity contribution in [2.75, 3.05) is 13.1 Å². The van der Waals surface area contributed by atoms with Gasteiger partial charge in [-0.2, -0.15) is 0 Å². The molecule has 3 atom stereocenters. The van der Waals surface area contributed by atoms with Crippen LogP contribution in [0.15, 0.2) is 12.2 Å². The fourth-order valence-electron chi connectivity index (χ4n) is 4.22. The van der Waals surface area contributed by atoms with Gasteiger partial charge in [0, 0.05) is 50.4 Å². The zero-order chi connectivity index (χ0) is 31.8. The minimum atomic E-state index is -1.37. The number of aldehydes is 1. The molecule has 0 fully saturated rings. The Bertz CT molecular complexity index is 1040. The smallest absolute Gasteiger partial charge is 0.312 e. The predicted octanol–water partition coefficient (Wildman–Crippen LogP) is 0.185. The summed E-state index contributed by atoms with van der Waals surface area (Å²) in [5.74, 6) is -4.77. The molecule has 0 saturated carbocycles. The van der Waals surface area contributed by atoms with Crippen LogP contribution in [0, 0.1) is 11.8 Å². The third kappa shape index (κ3) is 13.7. The summed E-state index contributed by atoms with van der Waals surface area (Å²) in [5.41, 5.74) is 5.06. The Labute approximate surface area is 240 Å². The summed E-state index contributed by atoms with van der Waals surface area (Å²) >= 11 is 0. The summed E-state index contributed by atoms with van der Waals surface area (Å²) in [6.07, 6.45) is 2.21. The van der Waals surface area contributed by atoms with E-state index in [1.807, 2.05) is 0 Å². The molecule has 0 bridgehead atoms. The number of rotatable bonds is 21. The van der Waals surface area contributed by atoms with Gasteiger partial charge in [0.25, 0.3) is 11.8 Å². The van der Waals surface area contributed by atoms with Crippen molar-refractivity contribution in [3.8, 4) is 0 Å². The lowest BCUT2D eigenvalue weighted by molar-refractivity contribution is -0.138. The van der Waals surface area contributed by atoms with Crippen LogP contribution in [-0.2, 0) is 33.6 Å². The number of nitrogens with two attached hydrogens (primary N) is 1. The van der Waals surface area contributed by atoms with Crippen LogP contribution in [0.5, 0.6) is 0 Å². The SMILES string of the molecule is [2H]C(=O)[C@H](CCC(=O)O)NC(=O)[C@H](CCCNC(N)=O)CC(=O)[C@@H](NC(=O)CCCCCN1C(=O)C=CC1=O)C(C)C. The number of amides is 6. The molecule has 0 aromatic carbocycles. The number of urea groups is 1. The van der Waals surface area contributed by atoms with Crippen LogP contribution < -0.4 is 21.7 Å². The number of nitrogens with zero attached hydrogens (tertiary/aromatic N) is 1. The number of carbonyl (C=O) groups is 8. The van der Waals surface area contributed by atoms with E-state index in [1.165, 1.54) is 12.2 Å². The average molecular weight is 581 g/mol. The lowest BCUT2D eigenvalue weighted by Gasteiger charge is -2.25. The first-order chi connectivity index (χ1) is 19.7. The minimum absolute atomic E-state index is 0.103. The van der Waals surface area contributed by atoms with Gasteiger partial charge in [-0.15, -0.1) is 0 Å². The van der Waals surface area contributed by atoms with Gasteiger partial charge in [-0.05, 0) is 38.0 Å². The van der Waals surface area contributed by atoms with E-state index < -0.39 is 54.4 Å². The van der Waals surface area contributed by atoms with E-state index in [0.29, 0.717) is 19.3 Å². The molecule has 0 saturated heterocycles. The van der Waals surface area contributed by atoms with Crippen molar-refractivity contribution in [2.45, 2.75) is 83.7 Å². The van der Waals surface area contributed by atoms with E-state index in [0.717, 1.165) is 4.90 Å². The number of hydrogen-bond acceptors (Lipinski definition) is 8. The molecule has 0 spiro atoms. The third-order valence-corrected chi connectivity index (χ3v) is 6.47. The number of carbonyl (C=O) groups excluding carboxylic acids is 7. The Balaban J connectivity index is 2.75. The normalized spacial score (nSPS) is 15.2. The second-order valence-corrected chi connectivity index (χ2v) is 10.2. The fourth-order valence-corrected chi connectivity index (χ4v) is 4.22. The number of aliphatic carboxylic acids is 1. The standard InChI is InChI=1S/C27H41N5O9/c1-17(2)25(31-21(35)8-4-3-5-14-32-22(36)10-11-23(32)37)20(34)15-18(7-6-13-29-27(28)41)26(40)30-19(16-33)9-12-24(38)39/h10-11,16-19,25H,3-9,12-15H2,1-2H3,(H,30,40)(H,31,35)(H,38,39)(H3,28,29,41)/t18-,19+,25+/m1/s1/i16D. The summed E-state index contributed by atoms with van der Waals surface area (Å²) < 4.78 is 7.36. The zero-order valence-electron chi connectivity index (χ0n) is 24.5. The Morgan fingerprint density at radius 1 is 1.00 bits per heavy atom. The minimum Gasteiger partial charge on any atom is -0.481 e. The molecular weight excluding hydrogens is 538 g/mol. The highest BCUT2D eigenvalue weighted by molar-refractivity contribution is 6.12. The molecule has 0 aromatic rings. The van der Waals surface area contributed by atoms with Gasteiger partial charge in [-0.1, -0.05) is 20.3 Å². The lowest BCUT2D eigenvalue weighted by Crippen LogP contribution is -2.47. The van der Waals surface area contributed by atoms with Gasteiger partial charge >= 0.3 is 12.0 Å². The van der Waals surface area contributed by atoms with E-state index >= 15 is 0 Å². The van der Waals surface area contributed by atoms with E-state index in [-0.39, 0.29) is 68.8 Å². The van der Waals surface area contributed by atoms with Crippen LogP contribution in [-0.4, -0.2) is 82.9 Å². The number of nitrogens with one attached hydrogen (secondary N) is 3. The largest absolute Gasteiger partial charge is 0.481 e. The maximum absolute atomic E-state index is 13.3. The number of hydrogen-bond donors (Lipinski definition) is 5. The van der Waals surface area contributed by atoms with Crippen LogP contribution in [0.2, 0.25) is 0 Å². The number of carboxylic acids is 1.